The highest BCUT2D eigenvalue weighted by Gasteiger charge is 2.10. The van der Waals surface area contributed by atoms with Crippen LogP contribution in [0.1, 0.15) is 26.7 Å². The molecule has 0 spiro atoms. The first-order valence-corrected chi connectivity index (χ1v) is 3.71. The highest BCUT2D eigenvalue weighted by atomic mass is 16.3. The second kappa shape index (κ2) is 4.91. The molecule has 0 saturated heterocycles. The Balaban J connectivity index is 4.45. The van der Waals surface area contributed by atoms with Crippen LogP contribution in [0, 0.1) is 0 Å². The lowest BCUT2D eigenvalue weighted by Gasteiger charge is -2.07. The van der Waals surface area contributed by atoms with E-state index in [9.17, 15) is 9.90 Å². The molecular weight excluding hydrogens is 144 g/mol. The van der Waals surface area contributed by atoms with E-state index >= 15 is 0 Å². The van der Waals surface area contributed by atoms with Crippen LogP contribution in [0.4, 0.5) is 0 Å². The van der Waals surface area contributed by atoms with Gasteiger partial charge in [-0.05, 0) is 18.4 Å². The van der Waals surface area contributed by atoms with Gasteiger partial charge in [0.2, 0.25) is 0 Å². The summed E-state index contributed by atoms with van der Waals surface area (Å²) in [4.78, 5) is 10.0. The zero-order chi connectivity index (χ0) is 8.85. The fourth-order valence-electron chi connectivity index (χ4n) is 0.886. The smallest absolute Gasteiger partial charge is 0.166 e. The highest BCUT2D eigenvalue weighted by Crippen LogP contribution is 2.12. The molecule has 0 aliphatic heterocycles. The monoisotopic (exact) mass is 158 g/mol. The normalized spacial score (nSPS) is 12.3. The molecule has 0 radical (unpaired) electrons. The minimum Gasteiger partial charge on any atom is -0.509 e. The van der Waals surface area contributed by atoms with Gasteiger partial charge in [-0.15, -0.1) is 0 Å². The second-order valence-corrected chi connectivity index (χ2v) is 2.28. The first-order chi connectivity index (χ1) is 5.17. The van der Waals surface area contributed by atoms with Gasteiger partial charge in [-0.1, -0.05) is 13.8 Å². The van der Waals surface area contributed by atoms with Crippen LogP contribution in [0.3, 0.4) is 0 Å². The Morgan fingerprint density at radius 2 is 1.91 bits per heavy atom. The van der Waals surface area contributed by atoms with Crippen molar-refractivity contribution in [3.8, 4) is 0 Å². The summed E-state index contributed by atoms with van der Waals surface area (Å²) in [5.41, 5.74) is 0.726. The molecule has 3 nitrogen and oxygen atoms in total. The third-order valence-corrected chi connectivity index (χ3v) is 1.62. The highest BCUT2D eigenvalue weighted by molar-refractivity contribution is 5.60. The van der Waals surface area contributed by atoms with E-state index < -0.39 is 6.10 Å². The molecule has 1 unspecified atom stereocenters. The van der Waals surface area contributed by atoms with Crippen LogP contribution in [0.2, 0.25) is 0 Å². The van der Waals surface area contributed by atoms with Gasteiger partial charge in [0.05, 0.1) is 0 Å². The summed E-state index contributed by atoms with van der Waals surface area (Å²) in [6.45, 7) is 3.74. The first-order valence-electron chi connectivity index (χ1n) is 3.71. The van der Waals surface area contributed by atoms with Gasteiger partial charge in [0.25, 0.3) is 0 Å². The van der Waals surface area contributed by atoms with Gasteiger partial charge in [-0.2, -0.15) is 0 Å². The lowest BCUT2D eigenvalue weighted by atomic mass is 10.1. The summed E-state index contributed by atoms with van der Waals surface area (Å²) < 4.78 is 0. The van der Waals surface area contributed by atoms with Gasteiger partial charge >= 0.3 is 0 Å². The van der Waals surface area contributed by atoms with Crippen molar-refractivity contribution in [1.82, 2.24) is 0 Å². The van der Waals surface area contributed by atoms with Crippen LogP contribution in [0.15, 0.2) is 11.3 Å². The van der Waals surface area contributed by atoms with E-state index in [-0.39, 0.29) is 5.76 Å². The summed E-state index contributed by atoms with van der Waals surface area (Å²) in [5, 5.41) is 18.1. The molecule has 0 bridgehead atoms. The summed E-state index contributed by atoms with van der Waals surface area (Å²) in [6, 6.07) is 0. The van der Waals surface area contributed by atoms with Crippen molar-refractivity contribution in [3.63, 3.8) is 0 Å². The average Bonchev–Trinajstić information content (AvgIpc) is 2.05. The van der Waals surface area contributed by atoms with E-state index in [0.717, 1.165) is 5.57 Å². The predicted octanol–water partition coefficient (Wildman–Crippen LogP) is 1.18. The zero-order valence-electron chi connectivity index (χ0n) is 6.87. The SMILES string of the molecule is CCC(CC)=C(O)C(O)C=O. The molecule has 2 N–H and O–H groups in total. The van der Waals surface area contributed by atoms with Crippen LogP contribution >= 0.6 is 0 Å². The fraction of sp³-hybridized carbons (Fsp3) is 0.625. The van der Waals surface area contributed by atoms with Crippen molar-refractivity contribution in [2.75, 3.05) is 0 Å². The molecule has 0 saturated carbocycles. The van der Waals surface area contributed by atoms with Gasteiger partial charge in [0.1, 0.15) is 5.76 Å². The van der Waals surface area contributed by atoms with E-state index in [4.69, 9.17) is 5.11 Å². The Morgan fingerprint density at radius 3 is 2.18 bits per heavy atom. The Bertz CT molecular complexity index is 155. The van der Waals surface area contributed by atoms with E-state index in [2.05, 4.69) is 0 Å². The number of carbonyl (C=O) groups excluding carboxylic acids is 1. The van der Waals surface area contributed by atoms with E-state index in [1.54, 1.807) is 0 Å². The maximum atomic E-state index is 10.0. The molecule has 0 aliphatic carbocycles. The molecule has 0 rings (SSSR count). The molecule has 0 aliphatic rings. The van der Waals surface area contributed by atoms with E-state index in [1.807, 2.05) is 13.8 Å². The molecular formula is C8H14O3. The van der Waals surface area contributed by atoms with Crippen LogP contribution < -0.4 is 0 Å². The maximum absolute atomic E-state index is 10.0. The Labute approximate surface area is 66.4 Å². The topological polar surface area (TPSA) is 57.5 Å². The Morgan fingerprint density at radius 1 is 1.45 bits per heavy atom. The number of allylic oxidation sites excluding steroid dienone is 1. The maximum Gasteiger partial charge on any atom is 0.166 e. The van der Waals surface area contributed by atoms with Crippen LogP contribution in [-0.2, 0) is 4.79 Å². The molecule has 0 fully saturated rings. The number of carbonyl (C=O) groups is 1. The van der Waals surface area contributed by atoms with Crippen LogP contribution in [0.25, 0.3) is 0 Å². The summed E-state index contributed by atoms with van der Waals surface area (Å²) in [7, 11) is 0. The van der Waals surface area contributed by atoms with Crippen molar-refractivity contribution < 1.29 is 15.0 Å². The molecule has 64 valence electrons. The number of rotatable bonds is 4. The fourth-order valence-corrected chi connectivity index (χ4v) is 0.886. The van der Waals surface area contributed by atoms with E-state index in [0.29, 0.717) is 19.1 Å². The third-order valence-electron chi connectivity index (χ3n) is 1.62. The van der Waals surface area contributed by atoms with Crippen molar-refractivity contribution in [2.45, 2.75) is 32.8 Å². The molecule has 1 atom stereocenters. The largest absolute Gasteiger partial charge is 0.509 e. The first kappa shape index (κ1) is 10.2. The molecule has 11 heavy (non-hydrogen) atoms. The summed E-state index contributed by atoms with van der Waals surface area (Å²) >= 11 is 0. The lowest BCUT2D eigenvalue weighted by Crippen LogP contribution is -2.13. The average molecular weight is 158 g/mol. The number of aldehydes is 1. The Hall–Kier alpha value is -0.830. The second-order valence-electron chi connectivity index (χ2n) is 2.28. The van der Waals surface area contributed by atoms with Crippen molar-refractivity contribution >= 4 is 6.29 Å². The standard InChI is InChI=1S/C8H14O3/c1-3-6(4-2)8(11)7(10)5-9/h5,7,10-11H,3-4H2,1-2H3. The molecule has 3 heteroatoms. The van der Waals surface area contributed by atoms with Gasteiger partial charge in [0.15, 0.2) is 12.4 Å². The molecule has 0 aromatic carbocycles. The lowest BCUT2D eigenvalue weighted by molar-refractivity contribution is -0.114. The van der Waals surface area contributed by atoms with Gasteiger partial charge in [0, 0.05) is 0 Å². The molecule has 0 aromatic rings. The van der Waals surface area contributed by atoms with E-state index in [1.165, 1.54) is 0 Å². The zero-order valence-corrected chi connectivity index (χ0v) is 6.87. The number of aliphatic hydroxyl groups excluding tert-OH is 2. The number of hydrogen-bond acceptors (Lipinski definition) is 3. The predicted molar refractivity (Wildman–Crippen MR) is 42.3 cm³/mol. The van der Waals surface area contributed by atoms with Gasteiger partial charge < -0.3 is 10.2 Å². The molecule has 0 aromatic heterocycles. The minimum atomic E-state index is -1.34. The Kier molecular flexibility index (Phi) is 4.54. The van der Waals surface area contributed by atoms with Crippen LogP contribution in [0.5, 0.6) is 0 Å². The van der Waals surface area contributed by atoms with Crippen molar-refractivity contribution in [2.24, 2.45) is 0 Å². The van der Waals surface area contributed by atoms with Crippen LogP contribution in [-0.4, -0.2) is 22.6 Å². The van der Waals surface area contributed by atoms with Gasteiger partial charge in [-0.25, -0.2) is 0 Å². The molecule has 0 amide bonds. The number of hydrogen-bond donors (Lipinski definition) is 2. The summed E-state index contributed by atoms with van der Waals surface area (Å²) in [5.74, 6) is -0.190. The molecule has 0 heterocycles. The number of aliphatic hydroxyl groups is 2. The van der Waals surface area contributed by atoms with Crippen molar-refractivity contribution in [3.05, 3.63) is 11.3 Å². The van der Waals surface area contributed by atoms with Crippen molar-refractivity contribution in [1.29, 1.82) is 0 Å². The third kappa shape index (κ3) is 2.72. The van der Waals surface area contributed by atoms with Gasteiger partial charge in [-0.3, -0.25) is 4.79 Å². The summed E-state index contributed by atoms with van der Waals surface area (Å²) in [6.07, 6.45) is 0.297. The minimum absolute atomic E-state index is 0.190. The quantitative estimate of drug-likeness (QED) is 0.477.